The summed E-state index contributed by atoms with van der Waals surface area (Å²) in [6.45, 7) is 3.16. The number of hydrogen-bond donors (Lipinski definition) is 2. The van der Waals surface area contributed by atoms with Crippen LogP contribution in [0.25, 0.3) is 0 Å². The Bertz CT molecular complexity index is 480. The Morgan fingerprint density at radius 2 is 2.00 bits per heavy atom. The highest BCUT2D eigenvalue weighted by atomic mass is 19.3. The molecule has 1 unspecified atom stereocenters. The summed E-state index contributed by atoms with van der Waals surface area (Å²) < 4.78 is 29.1. The minimum Gasteiger partial charge on any atom is -0.435 e. The maximum Gasteiger partial charge on any atom is 0.387 e. The van der Waals surface area contributed by atoms with E-state index in [0.29, 0.717) is 12.1 Å². The van der Waals surface area contributed by atoms with Crippen LogP contribution in [0.5, 0.6) is 5.75 Å². The molecule has 118 valence electrons. The molecule has 1 atom stereocenters. The number of carbonyl (C=O) groups is 1. The van der Waals surface area contributed by atoms with Gasteiger partial charge in [0.15, 0.2) is 0 Å². The summed E-state index contributed by atoms with van der Waals surface area (Å²) in [6, 6.07) is 6.26. The van der Waals surface area contributed by atoms with E-state index in [2.05, 4.69) is 10.1 Å². The van der Waals surface area contributed by atoms with Crippen LogP contribution in [0.1, 0.15) is 26.3 Å². The van der Waals surface area contributed by atoms with Crippen LogP contribution >= 0.6 is 0 Å². The van der Waals surface area contributed by atoms with Gasteiger partial charge in [0.25, 0.3) is 0 Å². The number of alkyl halides is 2. The molecule has 0 aromatic heterocycles. The molecule has 1 aromatic carbocycles. The zero-order valence-corrected chi connectivity index (χ0v) is 12.5. The summed E-state index contributed by atoms with van der Waals surface area (Å²) in [4.78, 5) is 12.1. The molecule has 21 heavy (non-hydrogen) atoms. The number of hydrogen-bond acceptors (Lipinski definition) is 3. The van der Waals surface area contributed by atoms with Gasteiger partial charge in [-0.1, -0.05) is 32.0 Å². The Kier molecular flexibility index (Phi) is 6.08. The van der Waals surface area contributed by atoms with Crippen molar-refractivity contribution in [1.82, 2.24) is 5.32 Å². The smallest absolute Gasteiger partial charge is 0.387 e. The minimum atomic E-state index is -2.92. The third-order valence-electron chi connectivity index (χ3n) is 3.66. The van der Waals surface area contributed by atoms with E-state index >= 15 is 0 Å². The molecule has 1 amide bonds. The molecule has 4 nitrogen and oxygen atoms in total. The fourth-order valence-electron chi connectivity index (χ4n) is 1.83. The third kappa shape index (κ3) is 4.97. The Hall–Kier alpha value is -1.69. The lowest BCUT2D eigenvalue weighted by atomic mass is 9.88. The van der Waals surface area contributed by atoms with Crippen molar-refractivity contribution in [2.24, 2.45) is 11.7 Å². The molecule has 0 aliphatic heterocycles. The van der Waals surface area contributed by atoms with Crippen LogP contribution < -0.4 is 15.8 Å². The van der Waals surface area contributed by atoms with Crippen molar-refractivity contribution in [2.75, 3.05) is 6.54 Å². The van der Waals surface area contributed by atoms with Crippen LogP contribution in [0.15, 0.2) is 24.3 Å². The maximum absolute atomic E-state index is 12.3. The van der Waals surface area contributed by atoms with E-state index in [9.17, 15) is 13.6 Å². The molecule has 3 N–H and O–H groups in total. The first kappa shape index (κ1) is 17.4. The molecule has 1 aromatic rings. The van der Waals surface area contributed by atoms with Crippen LogP contribution in [0.2, 0.25) is 0 Å². The summed E-state index contributed by atoms with van der Waals surface area (Å²) in [6.07, 6.45) is -0.0365. The highest BCUT2D eigenvalue weighted by Crippen LogP contribution is 2.21. The lowest BCUT2D eigenvalue weighted by molar-refractivity contribution is -0.122. The van der Waals surface area contributed by atoms with Crippen molar-refractivity contribution in [3.05, 3.63) is 29.8 Å². The number of ether oxygens (including phenoxy) is 1. The van der Waals surface area contributed by atoms with E-state index in [1.165, 1.54) is 6.07 Å². The van der Waals surface area contributed by atoms with Gasteiger partial charge in [0, 0.05) is 12.1 Å². The second kappa shape index (κ2) is 7.36. The van der Waals surface area contributed by atoms with Crippen LogP contribution in [-0.4, -0.2) is 24.6 Å². The molecular weight excluding hydrogens is 278 g/mol. The summed E-state index contributed by atoms with van der Waals surface area (Å²) in [5.41, 5.74) is 5.59. The SMILES string of the molecule is CC(C)C(C)(CN)NC(=O)Cc1ccccc1OC(F)F. The van der Waals surface area contributed by atoms with E-state index in [-0.39, 0.29) is 24.0 Å². The maximum atomic E-state index is 12.3. The van der Waals surface area contributed by atoms with Gasteiger partial charge in [0.05, 0.1) is 12.0 Å². The zero-order valence-electron chi connectivity index (χ0n) is 12.5. The summed E-state index contributed by atoms with van der Waals surface area (Å²) in [5, 5.41) is 2.86. The fourth-order valence-corrected chi connectivity index (χ4v) is 1.83. The monoisotopic (exact) mass is 300 g/mol. The quantitative estimate of drug-likeness (QED) is 0.812. The van der Waals surface area contributed by atoms with Crippen LogP contribution in [-0.2, 0) is 11.2 Å². The molecule has 0 heterocycles. The lowest BCUT2D eigenvalue weighted by Crippen LogP contribution is -2.55. The number of nitrogens with two attached hydrogens (primary N) is 1. The van der Waals surface area contributed by atoms with Crippen molar-refractivity contribution in [1.29, 1.82) is 0 Å². The van der Waals surface area contributed by atoms with Crippen molar-refractivity contribution >= 4 is 5.91 Å². The van der Waals surface area contributed by atoms with Gasteiger partial charge < -0.3 is 15.8 Å². The largest absolute Gasteiger partial charge is 0.435 e. The normalized spacial score (nSPS) is 14.1. The third-order valence-corrected chi connectivity index (χ3v) is 3.66. The van der Waals surface area contributed by atoms with E-state index in [1.807, 2.05) is 20.8 Å². The molecule has 0 saturated heterocycles. The lowest BCUT2D eigenvalue weighted by Gasteiger charge is -2.33. The zero-order chi connectivity index (χ0) is 16.0. The Balaban J connectivity index is 2.80. The predicted molar refractivity (Wildman–Crippen MR) is 77.2 cm³/mol. The number of para-hydroxylation sites is 1. The average Bonchev–Trinajstić information content (AvgIpc) is 2.40. The molecule has 0 aliphatic rings. The van der Waals surface area contributed by atoms with Crippen LogP contribution in [0.4, 0.5) is 8.78 Å². The van der Waals surface area contributed by atoms with E-state index in [0.717, 1.165) is 0 Å². The second-order valence-electron chi connectivity index (χ2n) is 5.49. The van der Waals surface area contributed by atoms with Gasteiger partial charge in [0.1, 0.15) is 5.75 Å². The van der Waals surface area contributed by atoms with Gasteiger partial charge in [-0.3, -0.25) is 4.79 Å². The first-order valence-electron chi connectivity index (χ1n) is 6.82. The average molecular weight is 300 g/mol. The number of amides is 1. The molecule has 0 radical (unpaired) electrons. The Morgan fingerprint density at radius 3 is 2.52 bits per heavy atom. The number of benzene rings is 1. The summed E-state index contributed by atoms with van der Waals surface area (Å²) in [7, 11) is 0. The number of halogens is 2. The van der Waals surface area contributed by atoms with E-state index < -0.39 is 12.2 Å². The molecule has 0 bridgehead atoms. The first-order chi connectivity index (χ1) is 9.78. The van der Waals surface area contributed by atoms with Crippen molar-refractivity contribution in [3.63, 3.8) is 0 Å². The summed E-state index contributed by atoms with van der Waals surface area (Å²) >= 11 is 0. The highest BCUT2D eigenvalue weighted by molar-refractivity contribution is 5.80. The van der Waals surface area contributed by atoms with Gasteiger partial charge in [-0.25, -0.2) is 0 Å². The topological polar surface area (TPSA) is 64.3 Å². The molecule has 1 rings (SSSR count). The van der Waals surface area contributed by atoms with Crippen molar-refractivity contribution in [2.45, 2.75) is 39.3 Å². The molecule has 0 fully saturated rings. The number of rotatable bonds is 7. The van der Waals surface area contributed by atoms with E-state index in [1.54, 1.807) is 18.2 Å². The van der Waals surface area contributed by atoms with Crippen molar-refractivity contribution in [3.8, 4) is 5.75 Å². The van der Waals surface area contributed by atoms with Crippen LogP contribution in [0, 0.1) is 5.92 Å². The van der Waals surface area contributed by atoms with Gasteiger partial charge in [-0.05, 0) is 18.9 Å². The Morgan fingerprint density at radius 1 is 1.38 bits per heavy atom. The molecule has 6 heteroatoms. The number of nitrogens with one attached hydrogen (secondary N) is 1. The first-order valence-corrected chi connectivity index (χ1v) is 6.82. The number of carbonyl (C=O) groups excluding carboxylic acids is 1. The van der Waals surface area contributed by atoms with Gasteiger partial charge in [-0.15, -0.1) is 0 Å². The van der Waals surface area contributed by atoms with Crippen molar-refractivity contribution < 1.29 is 18.3 Å². The van der Waals surface area contributed by atoms with Crippen LogP contribution in [0.3, 0.4) is 0 Å². The van der Waals surface area contributed by atoms with Gasteiger partial charge in [0.2, 0.25) is 5.91 Å². The second-order valence-corrected chi connectivity index (χ2v) is 5.49. The fraction of sp³-hybridized carbons (Fsp3) is 0.533. The molecular formula is C15H22F2N2O2. The standard InChI is InChI=1S/C15H22F2N2O2/c1-10(2)15(3,9-18)19-13(20)8-11-6-4-5-7-12(11)21-14(16)17/h4-7,10,14H,8-9,18H2,1-3H3,(H,19,20). The highest BCUT2D eigenvalue weighted by Gasteiger charge is 2.28. The predicted octanol–water partition coefficient (Wildman–Crippen LogP) is 2.32. The van der Waals surface area contributed by atoms with Gasteiger partial charge >= 0.3 is 6.61 Å². The minimum absolute atomic E-state index is 0.0154. The van der Waals surface area contributed by atoms with Gasteiger partial charge in [-0.2, -0.15) is 8.78 Å². The molecule has 0 saturated carbocycles. The molecule has 0 spiro atoms. The molecule has 0 aliphatic carbocycles. The van der Waals surface area contributed by atoms with E-state index in [4.69, 9.17) is 5.73 Å². The Labute approximate surface area is 123 Å². The summed E-state index contributed by atoms with van der Waals surface area (Å²) in [5.74, 6) is -0.109.